The summed E-state index contributed by atoms with van der Waals surface area (Å²) in [6.07, 6.45) is 1.75. The van der Waals surface area contributed by atoms with E-state index in [0.29, 0.717) is 6.54 Å². The van der Waals surface area contributed by atoms with Crippen LogP contribution >= 0.6 is 0 Å². The van der Waals surface area contributed by atoms with Crippen LogP contribution in [0.25, 0.3) is 0 Å². The summed E-state index contributed by atoms with van der Waals surface area (Å²) < 4.78 is 0. The zero-order valence-corrected chi connectivity index (χ0v) is 10.9. The summed E-state index contributed by atoms with van der Waals surface area (Å²) in [6.45, 7) is 8.19. The first-order valence-electron chi connectivity index (χ1n) is 5.84. The molecule has 0 aliphatic carbocycles. The molecule has 0 bridgehead atoms. The van der Waals surface area contributed by atoms with Crippen molar-refractivity contribution < 1.29 is 4.79 Å². The van der Waals surface area contributed by atoms with Crippen LogP contribution in [0.4, 0.5) is 0 Å². The summed E-state index contributed by atoms with van der Waals surface area (Å²) >= 11 is 0. The molecule has 0 fully saturated rings. The van der Waals surface area contributed by atoms with Gasteiger partial charge < -0.3 is 10.6 Å². The van der Waals surface area contributed by atoms with Crippen molar-refractivity contribution in [1.29, 1.82) is 0 Å². The van der Waals surface area contributed by atoms with Gasteiger partial charge >= 0.3 is 0 Å². The molecule has 1 aromatic rings. The van der Waals surface area contributed by atoms with Gasteiger partial charge in [0.15, 0.2) is 0 Å². The lowest BCUT2D eigenvalue weighted by molar-refractivity contribution is -0.121. The molecule has 1 rings (SSSR count). The van der Waals surface area contributed by atoms with E-state index < -0.39 is 0 Å². The molecule has 4 nitrogen and oxygen atoms in total. The average Bonchev–Trinajstić information content (AvgIpc) is 2.25. The largest absolute Gasteiger partial charge is 0.350 e. The number of hydrogen-bond acceptors (Lipinski definition) is 3. The van der Waals surface area contributed by atoms with E-state index in [1.165, 1.54) is 0 Å². The molecule has 0 saturated carbocycles. The fraction of sp³-hybridized carbons (Fsp3) is 0.538. The molecule has 94 valence electrons. The maximum absolute atomic E-state index is 11.6. The number of amides is 1. The van der Waals surface area contributed by atoms with Crippen molar-refractivity contribution in [3.8, 4) is 0 Å². The Hall–Kier alpha value is -1.42. The molecule has 2 N–H and O–H groups in total. The van der Waals surface area contributed by atoms with Crippen LogP contribution in [0.15, 0.2) is 24.4 Å². The highest BCUT2D eigenvalue weighted by molar-refractivity contribution is 5.78. The number of hydrogen-bond donors (Lipinski definition) is 2. The van der Waals surface area contributed by atoms with Crippen molar-refractivity contribution in [2.75, 3.05) is 6.54 Å². The molecular weight excluding hydrogens is 214 g/mol. The van der Waals surface area contributed by atoms with Gasteiger partial charge in [0.25, 0.3) is 0 Å². The molecule has 0 spiro atoms. The van der Waals surface area contributed by atoms with E-state index in [0.717, 1.165) is 5.69 Å². The van der Waals surface area contributed by atoms with E-state index in [4.69, 9.17) is 0 Å². The van der Waals surface area contributed by atoms with Gasteiger partial charge in [0.2, 0.25) is 5.91 Å². The predicted molar refractivity (Wildman–Crippen MR) is 68.6 cm³/mol. The predicted octanol–water partition coefficient (Wildman–Crippen LogP) is 1.65. The fourth-order valence-corrected chi connectivity index (χ4v) is 1.44. The third kappa shape index (κ3) is 5.45. The van der Waals surface area contributed by atoms with Crippen LogP contribution in [0.5, 0.6) is 0 Å². The molecule has 0 saturated heterocycles. The van der Waals surface area contributed by atoms with Crippen molar-refractivity contribution in [2.24, 2.45) is 0 Å². The lowest BCUT2D eigenvalue weighted by Gasteiger charge is -2.21. The Kier molecular flexibility index (Phi) is 4.63. The average molecular weight is 235 g/mol. The minimum Gasteiger partial charge on any atom is -0.350 e. The first kappa shape index (κ1) is 13.6. The maximum Gasteiger partial charge on any atom is 0.234 e. The van der Waals surface area contributed by atoms with Gasteiger partial charge in [-0.3, -0.25) is 9.78 Å². The van der Waals surface area contributed by atoms with Crippen molar-refractivity contribution >= 4 is 5.91 Å². The molecule has 17 heavy (non-hydrogen) atoms. The Labute approximate surface area is 103 Å². The van der Waals surface area contributed by atoms with E-state index in [-0.39, 0.29) is 17.5 Å². The summed E-state index contributed by atoms with van der Waals surface area (Å²) in [4.78, 5) is 15.8. The van der Waals surface area contributed by atoms with Crippen molar-refractivity contribution in [2.45, 2.75) is 39.3 Å². The number of pyridine rings is 1. The molecule has 1 heterocycles. The third-order valence-electron chi connectivity index (χ3n) is 2.21. The first-order chi connectivity index (χ1) is 7.88. The first-order valence-corrected chi connectivity index (χ1v) is 5.84. The van der Waals surface area contributed by atoms with Crippen LogP contribution in [0, 0.1) is 0 Å². The van der Waals surface area contributed by atoms with E-state index in [9.17, 15) is 4.79 Å². The Morgan fingerprint density at radius 1 is 1.41 bits per heavy atom. The van der Waals surface area contributed by atoms with Crippen LogP contribution in [0.3, 0.4) is 0 Å². The van der Waals surface area contributed by atoms with E-state index in [1.807, 2.05) is 45.9 Å². The lowest BCUT2D eigenvalue weighted by Crippen LogP contribution is -2.45. The van der Waals surface area contributed by atoms with E-state index in [2.05, 4.69) is 15.6 Å². The highest BCUT2D eigenvalue weighted by Crippen LogP contribution is 2.07. The molecular formula is C13H21N3O. The Morgan fingerprint density at radius 3 is 2.65 bits per heavy atom. The quantitative estimate of drug-likeness (QED) is 0.834. The normalized spacial score (nSPS) is 13.2. The van der Waals surface area contributed by atoms with E-state index in [1.54, 1.807) is 6.20 Å². The number of aromatic nitrogens is 1. The van der Waals surface area contributed by atoms with Crippen molar-refractivity contribution in [3.05, 3.63) is 30.1 Å². The fourth-order valence-electron chi connectivity index (χ4n) is 1.44. The number of carbonyl (C=O) groups is 1. The topological polar surface area (TPSA) is 54.0 Å². The van der Waals surface area contributed by atoms with Crippen LogP contribution in [-0.2, 0) is 4.79 Å². The van der Waals surface area contributed by atoms with Gasteiger partial charge in [0.1, 0.15) is 0 Å². The molecule has 0 radical (unpaired) electrons. The number of nitrogens with one attached hydrogen (secondary N) is 2. The molecule has 1 aromatic heterocycles. The van der Waals surface area contributed by atoms with Crippen LogP contribution < -0.4 is 10.6 Å². The highest BCUT2D eigenvalue weighted by Gasteiger charge is 2.14. The minimum absolute atomic E-state index is 0.000260. The van der Waals surface area contributed by atoms with Gasteiger partial charge in [0.05, 0.1) is 12.2 Å². The van der Waals surface area contributed by atoms with Crippen LogP contribution in [0.2, 0.25) is 0 Å². The van der Waals surface area contributed by atoms with Crippen molar-refractivity contribution in [1.82, 2.24) is 15.6 Å². The highest BCUT2D eigenvalue weighted by atomic mass is 16.2. The summed E-state index contributed by atoms with van der Waals surface area (Å²) in [5.74, 6) is 0.000260. The number of carbonyl (C=O) groups excluding carboxylic acids is 1. The lowest BCUT2D eigenvalue weighted by atomic mass is 10.1. The van der Waals surface area contributed by atoms with Gasteiger partial charge in [-0.15, -0.1) is 0 Å². The Morgan fingerprint density at radius 2 is 2.12 bits per heavy atom. The molecule has 1 amide bonds. The van der Waals surface area contributed by atoms with Gasteiger partial charge in [-0.05, 0) is 39.8 Å². The zero-order valence-electron chi connectivity index (χ0n) is 10.9. The second kappa shape index (κ2) is 5.77. The summed E-state index contributed by atoms with van der Waals surface area (Å²) in [5, 5.41) is 6.05. The number of rotatable bonds is 4. The SMILES string of the molecule is C[C@@H](NCC(=O)NC(C)(C)C)c1ccccn1. The standard InChI is InChI=1S/C13H21N3O/c1-10(11-7-5-6-8-14-11)15-9-12(17)16-13(2,3)4/h5-8,10,15H,9H2,1-4H3,(H,16,17)/t10-/m1/s1. The van der Waals surface area contributed by atoms with Gasteiger partial charge in [-0.25, -0.2) is 0 Å². The molecule has 0 aliphatic rings. The molecule has 1 atom stereocenters. The Balaban J connectivity index is 2.39. The molecule has 0 aromatic carbocycles. The summed E-state index contributed by atoms with van der Waals surface area (Å²) in [6, 6.07) is 5.83. The molecule has 0 unspecified atom stereocenters. The van der Waals surface area contributed by atoms with Gasteiger partial charge in [-0.1, -0.05) is 6.07 Å². The molecule has 0 aliphatic heterocycles. The van der Waals surface area contributed by atoms with Crippen LogP contribution in [0.1, 0.15) is 39.4 Å². The maximum atomic E-state index is 11.6. The summed E-state index contributed by atoms with van der Waals surface area (Å²) in [7, 11) is 0. The van der Waals surface area contributed by atoms with E-state index >= 15 is 0 Å². The smallest absolute Gasteiger partial charge is 0.234 e. The second-order valence-corrected chi connectivity index (χ2v) is 5.16. The van der Waals surface area contributed by atoms with Crippen LogP contribution in [-0.4, -0.2) is 23.0 Å². The Bertz CT molecular complexity index is 357. The van der Waals surface area contributed by atoms with Gasteiger partial charge in [0, 0.05) is 17.8 Å². The third-order valence-corrected chi connectivity index (χ3v) is 2.21. The number of nitrogens with zero attached hydrogens (tertiary/aromatic N) is 1. The second-order valence-electron chi connectivity index (χ2n) is 5.16. The van der Waals surface area contributed by atoms with Crippen molar-refractivity contribution in [3.63, 3.8) is 0 Å². The summed E-state index contributed by atoms with van der Waals surface area (Å²) in [5.41, 5.74) is 0.753. The molecule has 4 heteroatoms. The van der Waals surface area contributed by atoms with Gasteiger partial charge in [-0.2, -0.15) is 0 Å². The monoisotopic (exact) mass is 235 g/mol. The minimum atomic E-state index is -0.188. The zero-order chi connectivity index (χ0) is 12.9.